The van der Waals surface area contributed by atoms with Crippen molar-refractivity contribution in [1.82, 2.24) is 10.2 Å². The molecule has 0 spiro atoms. The number of nitrogens with one attached hydrogen (secondary N) is 1. The fraction of sp³-hybridized carbons (Fsp3) is 0.357. The zero-order valence-electron chi connectivity index (χ0n) is 10.9. The van der Waals surface area contributed by atoms with E-state index in [0.29, 0.717) is 6.61 Å². The molecule has 0 aliphatic heterocycles. The van der Waals surface area contributed by atoms with Crippen LogP contribution >= 0.6 is 0 Å². The zero-order valence-corrected chi connectivity index (χ0v) is 10.9. The van der Waals surface area contributed by atoms with E-state index in [1.807, 2.05) is 25.1 Å². The van der Waals surface area contributed by atoms with Crippen LogP contribution in [0.25, 0.3) is 0 Å². The second-order valence-electron chi connectivity index (χ2n) is 4.47. The largest absolute Gasteiger partial charge is 0.487 e. The molecule has 4 nitrogen and oxygen atoms in total. The maximum atomic E-state index is 9.25. The molecule has 1 heterocycles. The third-order valence-corrected chi connectivity index (χ3v) is 3.17. The first-order valence-electron chi connectivity index (χ1n) is 5.95. The van der Waals surface area contributed by atoms with Gasteiger partial charge < -0.3 is 9.84 Å². The number of rotatable bonds is 4. The van der Waals surface area contributed by atoms with Crippen molar-refractivity contribution < 1.29 is 9.84 Å². The lowest BCUT2D eigenvalue weighted by Crippen LogP contribution is -2.00. The summed E-state index contributed by atoms with van der Waals surface area (Å²) in [6.45, 7) is 6.36. The van der Waals surface area contributed by atoms with Crippen molar-refractivity contribution in [3.63, 3.8) is 0 Å². The number of H-pyrrole nitrogens is 1. The number of aryl methyl sites for hydroxylation is 3. The van der Waals surface area contributed by atoms with Gasteiger partial charge in [0.2, 0.25) is 0 Å². The SMILES string of the molecule is Cc1ccc(OCc2n[nH]c(C)c2CO)cc1C. The molecule has 0 saturated heterocycles. The van der Waals surface area contributed by atoms with E-state index >= 15 is 0 Å². The van der Waals surface area contributed by atoms with Gasteiger partial charge in [-0.3, -0.25) is 5.10 Å². The molecule has 1 aromatic carbocycles. The van der Waals surface area contributed by atoms with Crippen molar-refractivity contribution in [3.8, 4) is 5.75 Å². The first kappa shape index (κ1) is 12.6. The van der Waals surface area contributed by atoms with E-state index in [0.717, 1.165) is 22.7 Å². The van der Waals surface area contributed by atoms with E-state index in [2.05, 4.69) is 24.0 Å². The molecular weight excluding hydrogens is 228 g/mol. The fourth-order valence-corrected chi connectivity index (χ4v) is 1.79. The minimum Gasteiger partial charge on any atom is -0.487 e. The van der Waals surface area contributed by atoms with Crippen molar-refractivity contribution in [2.45, 2.75) is 34.0 Å². The summed E-state index contributed by atoms with van der Waals surface area (Å²) >= 11 is 0. The van der Waals surface area contributed by atoms with E-state index in [9.17, 15) is 5.11 Å². The van der Waals surface area contributed by atoms with Gasteiger partial charge in [-0.25, -0.2) is 0 Å². The Morgan fingerprint density at radius 2 is 2.00 bits per heavy atom. The van der Waals surface area contributed by atoms with E-state index in [1.165, 1.54) is 11.1 Å². The molecular formula is C14H18N2O2. The van der Waals surface area contributed by atoms with Crippen LogP contribution in [-0.2, 0) is 13.2 Å². The van der Waals surface area contributed by atoms with Crippen LogP contribution in [0, 0.1) is 20.8 Å². The van der Waals surface area contributed by atoms with E-state index in [4.69, 9.17) is 4.74 Å². The second kappa shape index (κ2) is 5.23. The number of aliphatic hydroxyl groups excluding tert-OH is 1. The van der Waals surface area contributed by atoms with E-state index < -0.39 is 0 Å². The number of nitrogens with zero attached hydrogens (tertiary/aromatic N) is 1. The van der Waals surface area contributed by atoms with Gasteiger partial charge >= 0.3 is 0 Å². The van der Waals surface area contributed by atoms with Crippen molar-refractivity contribution >= 4 is 0 Å². The number of ether oxygens (including phenoxy) is 1. The van der Waals surface area contributed by atoms with Gasteiger partial charge in [0.1, 0.15) is 18.1 Å². The van der Waals surface area contributed by atoms with Gasteiger partial charge in [-0.2, -0.15) is 5.10 Å². The van der Waals surface area contributed by atoms with Crippen LogP contribution in [0.3, 0.4) is 0 Å². The standard InChI is InChI=1S/C14H18N2O2/c1-9-4-5-12(6-10(9)2)18-8-14-13(7-17)11(3)15-16-14/h4-6,17H,7-8H2,1-3H3,(H,15,16). The Balaban J connectivity index is 2.09. The normalized spacial score (nSPS) is 10.7. The smallest absolute Gasteiger partial charge is 0.132 e. The highest BCUT2D eigenvalue weighted by molar-refractivity contribution is 5.34. The predicted octanol–water partition coefficient (Wildman–Crippen LogP) is 2.41. The second-order valence-corrected chi connectivity index (χ2v) is 4.47. The Hall–Kier alpha value is -1.81. The third kappa shape index (κ3) is 2.54. The third-order valence-electron chi connectivity index (χ3n) is 3.17. The summed E-state index contributed by atoms with van der Waals surface area (Å²) in [6.07, 6.45) is 0. The van der Waals surface area contributed by atoms with Crippen LogP contribution in [0.4, 0.5) is 0 Å². The van der Waals surface area contributed by atoms with Gasteiger partial charge in [0.15, 0.2) is 0 Å². The molecule has 0 unspecified atom stereocenters. The summed E-state index contributed by atoms with van der Waals surface area (Å²) in [4.78, 5) is 0. The summed E-state index contributed by atoms with van der Waals surface area (Å²) in [5.41, 5.74) is 4.91. The maximum absolute atomic E-state index is 9.25. The first-order valence-corrected chi connectivity index (χ1v) is 5.95. The molecule has 0 aliphatic carbocycles. The highest BCUT2D eigenvalue weighted by atomic mass is 16.5. The van der Waals surface area contributed by atoms with Crippen molar-refractivity contribution in [1.29, 1.82) is 0 Å². The molecule has 0 fully saturated rings. The summed E-state index contributed by atoms with van der Waals surface area (Å²) in [6, 6.07) is 5.99. The molecule has 0 amide bonds. The maximum Gasteiger partial charge on any atom is 0.132 e. The summed E-state index contributed by atoms with van der Waals surface area (Å²) < 4.78 is 5.69. The van der Waals surface area contributed by atoms with E-state index in [-0.39, 0.29) is 6.61 Å². The molecule has 0 radical (unpaired) electrons. The van der Waals surface area contributed by atoms with Gasteiger partial charge in [-0.1, -0.05) is 6.07 Å². The molecule has 0 saturated carbocycles. The van der Waals surface area contributed by atoms with Crippen LogP contribution in [0.2, 0.25) is 0 Å². The van der Waals surface area contributed by atoms with Crippen LogP contribution in [0.1, 0.15) is 28.1 Å². The monoisotopic (exact) mass is 246 g/mol. The molecule has 18 heavy (non-hydrogen) atoms. The highest BCUT2D eigenvalue weighted by Crippen LogP contribution is 2.19. The summed E-state index contributed by atoms with van der Waals surface area (Å²) in [7, 11) is 0. The molecule has 0 atom stereocenters. The minimum absolute atomic E-state index is 0.0199. The summed E-state index contributed by atoms with van der Waals surface area (Å²) in [5.74, 6) is 0.822. The minimum atomic E-state index is -0.0199. The van der Waals surface area contributed by atoms with Gasteiger partial charge in [-0.15, -0.1) is 0 Å². The molecule has 0 bridgehead atoms. The number of hydrogen-bond donors (Lipinski definition) is 2. The molecule has 0 aliphatic rings. The van der Waals surface area contributed by atoms with Crippen LogP contribution in [0.15, 0.2) is 18.2 Å². The van der Waals surface area contributed by atoms with Gasteiger partial charge in [-0.05, 0) is 44.0 Å². The predicted molar refractivity (Wildman–Crippen MR) is 69.5 cm³/mol. The number of aromatic amines is 1. The molecule has 96 valence electrons. The number of aromatic nitrogens is 2. The van der Waals surface area contributed by atoms with Crippen LogP contribution in [0.5, 0.6) is 5.75 Å². The quantitative estimate of drug-likeness (QED) is 0.871. The Labute approximate surface area is 107 Å². The van der Waals surface area contributed by atoms with Crippen LogP contribution < -0.4 is 4.74 Å². The molecule has 4 heteroatoms. The van der Waals surface area contributed by atoms with Crippen molar-refractivity contribution in [3.05, 3.63) is 46.3 Å². The lowest BCUT2D eigenvalue weighted by atomic mass is 10.1. The Bertz CT molecular complexity index is 547. The summed E-state index contributed by atoms with van der Waals surface area (Å²) in [5, 5.41) is 16.2. The lowest BCUT2D eigenvalue weighted by molar-refractivity contribution is 0.267. The first-order chi connectivity index (χ1) is 8.61. The lowest BCUT2D eigenvalue weighted by Gasteiger charge is -2.07. The molecule has 2 rings (SSSR count). The number of benzene rings is 1. The Kier molecular flexibility index (Phi) is 3.67. The zero-order chi connectivity index (χ0) is 13.1. The average Bonchev–Trinajstić information content (AvgIpc) is 2.71. The number of aliphatic hydroxyl groups is 1. The average molecular weight is 246 g/mol. The Morgan fingerprint density at radius 1 is 1.22 bits per heavy atom. The van der Waals surface area contributed by atoms with E-state index in [1.54, 1.807) is 0 Å². The van der Waals surface area contributed by atoms with Crippen LogP contribution in [-0.4, -0.2) is 15.3 Å². The molecule has 2 aromatic rings. The fourth-order valence-electron chi connectivity index (χ4n) is 1.79. The van der Waals surface area contributed by atoms with Gasteiger partial charge in [0, 0.05) is 11.3 Å². The Morgan fingerprint density at radius 3 is 2.67 bits per heavy atom. The van der Waals surface area contributed by atoms with Gasteiger partial charge in [0.05, 0.1) is 6.61 Å². The van der Waals surface area contributed by atoms with Crippen molar-refractivity contribution in [2.75, 3.05) is 0 Å². The number of hydrogen-bond acceptors (Lipinski definition) is 3. The highest BCUT2D eigenvalue weighted by Gasteiger charge is 2.09. The van der Waals surface area contributed by atoms with Gasteiger partial charge in [0.25, 0.3) is 0 Å². The molecule has 1 aromatic heterocycles. The molecule has 2 N–H and O–H groups in total. The van der Waals surface area contributed by atoms with Crippen molar-refractivity contribution in [2.24, 2.45) is 0 Å². The topological polar surface area (TPSA) is 58.1 Å².